The number of benzene rings is 2. The SMILES string of the molecule is COc1ccc([C@H]2CC(=O)NC(SCC(=O)Nc3ccc(Br)c(C)c3)=C2C#N)cc1Cl. The minimum atomic E-state index is -0.443. The fraction of sp³-hybridized carbons (Fsp3) is 0.227. The second-order valence-corrected chi connectivity index (χ2v) is 9.10. The van der Waals surface area contributed by atoms with Crippen LogP contribution in [0.25, 0.3) is 0 Å². The molecule has 1 atom stereocenters. The third-order valence-electron chi connectivity index (χ3n) is 4.72. The monoisotopic (exact) mass is 519 g/mol. The highest BCUT2D eigenvalue weighted by Crippen LogP contribution is 2.38. The molecule has 1 heterocycles. The van der Waals surface area contributed by atoms with E-state index in [1.54, 1.807) is 24.3 Å². The van der Waals surface area contributed by atoms with E-state index in [4.69, 9.17) is 16.3 Å². The molecule has 0 aromatic heterocycles. The van der Waals surface area contributed by atoms with Crippen LogP contribution in [0.15, 0.2) is 51.5 Å². The molecular weight excluding hydrogens is 502 g/mol. The minimum Gasteiger partial charge on any atom is -0.495 e. The Morgan fingerprint density at radius 3 is 2.81 bits per heavy atom. The van der Waals surface area contributed by atoms with Gasteiger partial charge in [-0.15, -0.1) is 0 Å². The molecule has 0 saturated carbocycles. The van der Waals surface area contributed by atoms with Crippen LogP contribution in [0.5, 0.6) is 5.75 Å². The number of hydrogen-bond donors (Lipinski definition) is 2. The molecule has 0 spiro atoms. The molecular formula is C22H19BrClN3O3S. The number of nitriles is 1. The highest BCUT2D eigenvalue weighted by Gasteiger charge is 2.30. The first-order valence-corrected chi connectivity index (χ1v) is 11.4. The van der Waals surface area contributed by atoms with E-state index in [0.29, 0.717) is 27.1 Å². The molecule has 9 heteroatoms. The van der Waals surface area contributed by atoms with Crippen LogP contribution in [0.4, 0.5) is 5.69 Å². The summed E-state index contributed by atoms with van der Waals surface area (Å²) >= 11 is 10.8. The molecule has 0 unspecified atom stereocenters. The van der Waals surface area contributed by atoms with Crippen LogP contribution in [0.3, 0.4) is 0 Å². The van der Waals surface area contributed by atoms with Crippen molar-refractivity contribution in [3.63, 3.8) is 0 Å². The van der Waals surface area contributed by atoms with Crippen LogP contribution in [-0.2, 0) is 9.59 Å². The molecule has 2 amide bonds. The zero-order valence-corrected chi connectivity index (χ0v) is 20.0. The number of halogens is 2. The van der Waals surface area contributed by atoms with E-state index in [2.05, 4.69) is 32.6 Å². The number of amides is 2. The molecule has 3 rings (SSSR count). The number of ether oxygens (including phenoxy) is 1. The lowest BCUT2D eigenvalue weighted by atomic mass is 9.87. The number of nitrogens with zero attached hydrogens (tertiary/aromatic N) is 1. The maximum atomic E-state index is 12.4. The van der Waals surface area contributed by atoms with Gasteiger partial charge in [-0.2, -0.15) is 5.26 Å². The van der Waals surface area contributed by atoms with Gasteiger partial charge >= 0.3 is 0 Å². The third-order valence-corrected chi connectivity index (χ3v) is 6.93. The summed E-state index contributed by atoms with van der Waals surface area (Å²) in [5, 5.41) is 16.1. The number of nitrogens with one attached hydrogen (secondary N) is 2. The second kappa shape index (κ2) is 10.2. The van der Waals surface area contributed by atoms with E-state index < -0.39 is 5.92 Å². The second-order valence-electron chi connectivity index (χ2n) is 6.85. The molecule has 0 aliphatic carbocycles. The standard InChI is InChI=1S/C22H19BrClN3O3S/c1-12-7-14(4-5-17(12)23)26-21(29)11-31-22-16(10-25)15(9-20(28)27-22)13-3-6-19(30-2)18(24)8-13/h3-8,15H,9,11H2,1-2H3,(H,26,29)(H,27,28)/t15-/m1/s1. The summed E-state index contributed by atoms with van der Waals surface area (Å²) in [7, 11) is 1.52. The zero-order chi connectivity index (χ0) is 22.5. The first-order valence-electron chi connectivity index (χ1n) is 9.28. The van der Waals surface area contributed by atoms with Crippen LogP contribution < -0.4 is 15.4 Å². The van der Waals surface area contributed by atoms with Crippen molar-refractivity contribution in [2.45, 2.75) is 19.3 Å². The highest BCUT2D eigenvalue weighted by molar-refractivity contribution is 9.10. The summed E-state index contributed by atoms with van der Waals surface area (Å²) in [5.41, 5.74) is 2.82. The quantitative estimate of drug-likeness (QED) is 0.551. The van der Waals surface area contributed by atoms with Crippen molar-refractivity contribution in [3.05, 3.63) is 67.6 Å². The van der Waals surface area contributed by atoms with Crippen LogP contribution in [0, 0.1) is 18.3 Å². The molecule has 1 aliphatic rings. The van der Waals surface area contributed by atoms with Gasteiger partial charge in [-0.3, -0.25) is 9.59 Å². The fourth-order valence-corrected chi connectivity index (χ4v) is 4.56. The lowest BCUT2D eigenvalue weighted by Crippen LogP contribution is -2.31. The molecule has 160 valence electrons. The number of allylic oxidation sites excluding steroid dienone is 1. The van der Waals surface area contributed by atoms with Gasteiger partial charge < -0.3 is 15.4 Å². The molecule has 6 nitrogen and oxygen atoms in total. The van der Waals surface area contributed by atoms with Gasteiger partial charge in [0.1, 0.15) is 5.75 Å². The highest BCUT2D eigenvalue weighted by atomic mass is 79.9. The Bertz CT molecular complexity index is 1110. The lowest BCUT2D eigenvalue weighted by molar-refractivity contribution is -0.121. The van der Waals surface area contributed by atoms with E-state index >= 15 is 0 Å². The summed E-state index contributed by atoms with van der Waals surface area (Å²) in [6.45, 7) is 1.93. The number of thioether (sulfide) groups is 1. The van der Waals surface area contributed by atoms with Gasteiger partial charge in [0.2, 0.25) is 11.8 Å². The summed E-state index contributed by atoms with van der Waals surface area (Å²) in [6, 6.07) is 12.9. The number of anilines is 1. The molecule has 0 fully saturated rings. The average Bonchev–Trinajstić information content (AvgIpc) is 2.74. The predicted octanol–water partition coefficient (Wildman–Crippen LogP) is 5.13. The van der Waals surface area contributed by atoms with Crippen LogP contribution in [-0.4, -0.2) is 24.7 Å². The van der Waals surface area contributed by atoms with E-state index in [0.717, 1.165) is 27.4 Å². The Labute approximate surface area is 198 Å². The van der Waals surface area contributed by atoms with E-state index in [9.17, 15) is 14.9 Å². The van der Waals surface area contributed by atoms with Crippen molar-refractivity contribution in [3.8, 4) is 11.8 Å². The molecule has 1 aliphatic heterocycles. The molecule has 0 bridgehead atoms. The number of carbonyl (C=O) groups excluding carboxylic acids is 2. The largest absolute Gasteiger partial charge is 0.495 e. The average molecular weight is 521 g/mol. The molecule has 31 heavy (non-hydrogen) atoms. The normalized spacial score (nSPS) is 15.8. The summed E-state index contributed by atoms with van der Waals surface area (Å²) < 4.78 is 6.13. The van der Waals surface area contributed by atoms with Crippen molar-refractivity contribution in [2.24, 2.45) is 0 Å². The van der Waals surface area contributed by atoms with Gasteiger partial charge in [-0.05, 0) is 48.4 Å². The van der Waals surface area contributed by atoms with Crippen molar-refractivity contribution in [2.75, 3.05) is 18.2 Å². The van der Waals surface area contributed by atoms with Crippen molar-refractivity contribution >= 4 is 56.8 Å². The minimum absolute atomic E-state index is 0.0476. The van der Waals surface area contributed by atoms with Gasteiger partial charge in [0.15, 0.2) is 0 Å². The van der Waals surface area contributed by atoms with Gasteiger partial charge in [-0.1, -0.05) is 45.4 Å². The maximum Gasteiger partial charge on any atom is 0.234 e. The van der Waals surface area contributed by atoms with Gasteiger partial charge in [-0.25, -0.2) is 0 Å². The number of aryl methyl sites for hydroxylation is 1. The predicted molar refractivity (Wildman–Crippen MR) is 126 cm³/mol. The Hall–Kier alpha value is -2.47. The van der Waals surface area contributed by atoms with Crippen molar-refractivity contribution < 1.29 is 14.3 Å². The topological polar surface area (TPSA) is 91.2 Å². The number of methoxy groups -OCH3 is 1. The zero-order valence-electron chi connectivity index (χ0n) is 16.8. The Balaban J connectivity index is 1.77. The first-order chi connectivity index (χ1) is 14.8. The third kappa shape index (κ3) is 5.62. The van der Waals surface area contributed by atoms with E-state index in [1.165, 1.54) is 7.11 Å². The summed E-state index contributed by atoms with van der Waals surface area (Å²) in [6.07, 6.45) is 0.125. The first kappa shape index (κ1) is 23.2. The fourth-order valence-electron chi connectivity index (χ4n) is 3.17. The summed E-state index contributed by atoms with van der Waals surface area (Å²) in [4.78, 5) is 24.7. The number of rotatable bonds is 6. The molecule has 2 aromatic carbocycles. The molecule has 0 radical (unpaired) electrons. The van der Waals surface area contributed by atoms with Gasteiger partial charge in [0.05, 0.1) is 34.6 Å². The molecule has 2 aromatic rings. The lowest BCUT2D eigenvalue weighted by Gasteiger charge is -2.25. The Morgan fingerprint density at radius 2 is 2.16 bits per heavy atom. The Morgan fingerprint density at radius 1 is 1.39 bits per heavy atom. The van der Waals surface area contributed by atoms with Crippen LogP contribution >= 0.6 is 39.3 Å². The molecule has 2 N–H and O–H groups in total. The van der Waals surface area contributed by atoms with Crippen molar-refractivity contribution in [1.29, 1.82) is 5.26 Å². The Kier molecular flexibility index (Phi) is 7.65. The van der Waals surface area contributed by atoms with E-state index in [-0.39, 0.29) is 24.0 Å². The smallest absolute Gasteiger partial charge is 0.234 e. The van der Waals surface area contributed by atoms with Gasteiger partial charge in [0.25, 0.3) is 0 Å². The number of hydrogen-bond acceptors (Lipinski definition) is 5. The number of carbonyl (C=O) groups is 2. The van der Waals surface area contributed by atoms with Gasteiger partial charge in [0, 0.05) is 22.5 Å². The molecule has 0 saturated heterocycles. The van der Waals surface area contributed by atoms with Crippen LogP contribution in [0.1, 0.15) is 23.5 Å². The van der Waals surface area contributed by atoms with Crippen molar-refractivity contribution in [1.82, 2.24) is 5.32 Å². The van der Waals surface area contributed by atoms with E-state index in [1.807, 2.05) is 19.1 Å². The maximum absolute atomic E-state index is 12.4. The van der Waals surface area contributed by atoms with Crippen LogP contribution in [0.2, 0.25) is 5.02 Å². The summed E-state index contributed by atoms with van der Waals surface area (Å²) in [5.74, 6) is -0.335.